The molecule has 2 N–H and O–H groups in total. The lowest BCUT2D eigenvalue weighted by atomic mass is 9.91. The molecule has 1 amide bonds. The topological polar surface area (TPSA) is 76.0 Å². The van der Waals surface area contributed by atoms with E-state index in [1.54, 1.807) is 13.3 Å². The molecule has 1 aromatic heterocycles. The lowest BCUT2D eigenvalue weighted by Crippen LogP contribution is -2.23. The number of carbonyl (C=O) groups is 2. The Morgan fingerprint density at radius 3 is 2.46 bits per heavy atom. The number of aromatic nitrogens is 2. The van der Waals surface area contributed by atoms with Crippen LogP contribution in [0.1, 0.15) is 43.4 Å². The fourth-order valence-electron chi connectivity index (χ4n) is 4.39. The first-order chi connectivity index (χ1) is 18.4. The van der Waals surface area contributed by atoms with Gasteiger partial charge in [0.05, 0.1) is 11.6 Å². The van der Waals surface area contributed by atoms with Crippen molar-refractivity contribution in [2.24, 2.45) is 7.05 Å². The SMILES string of the molecule is CNC(c1cc(F)ccc1Cl)c1c(NC(=O)c2cc(F)cc(C(F)(F)F)c2)cc2c(SC)n(C)nc2c1C=O. The van der Waals surface area contributed by atoms with Crippen molar-refractivity contribution in [3.8, 4) is 0 Å². The quantitative estimate of drug-likeness (QED) is 0.146. The highest BCUT2D eigenvalue weighted by Gasteiger charge is 2.33. The highest BCUT2D eigenvalue weighted by atomic mass is 35.5. The van der Waals surface area contributed by atoms with Crippen LogP contribution in [0, 0.1) is 11.6 Å². The van der Waals surface area contributed by atoms with Crippen molar-refractivity contribution in [1.82, 2.24) is 15.1 Å². The Morgan fingerprint density at radius 2 is 1.85 bits per heavy atom. The van der Waals surface area contributed by atoms with Crippen LogP contribution in [0.4, 0.5) is 27.6 Å². The lowest BCUT2D eigenvalue weighted by molar-refractivity contribution is -0.137. The van der Waals surface area contributed by atoms with Crippen molar-refractivity contribution in [2.75, 3.05) is 18.6 Å². The number of halogens is 6. The van der Waals surface area contributed by atoms with Crippen LogP contribution >= 0.6 is 23.4 Å². The van der Waals surface area contributed by atoms with Crippen LogP contribution in [-0.2, 0) is 13.2 Å². The molecule has 0 saturated carbocycles. The number of aldehydes is 1. The Kier molecular flexibility index (Phi) is 8.01. The largest absolute Gasteiger partial charge is 0.416 e. The molecular weight excluding hydrogens is 563 g/mol. The van der Waals surface area contributed by atoms with Gasteiger partial charge in [-0.05, 0) is 61.3 Å². The number of alkyl halides is 3. The molecule has 6 nitrogen and oxygen atoms in total. The zero-order valence-electron chi connectivity index (χ0n) is 20.6. The number of rotatable bonds is 7. The Morgan fingerprint density at radius 1 is 1.13 bits per heavy atom. The number of fused-ring (bicyclic) bond motifs is 1. The minimum absolute atomic E-state index is 0.00963. The molecule has 4 rings (SSSR count). The van der Waals surface area contributed by atoms with Crippen molar-refractivity contribution >= 4 is 52.1 Å². The van der Waals surface area contributed by atoms with E-state index < -0.39 is 40.9 Å². The van der Waals surface area contributed by atoms with Crippen LogP contribution in [0.3, 0.4) is 0 Å². The van der Waals surface area contributed by atoms with Crippen molar-refractivity contribution < 1.29 is 31.5 Å². The fraction of sp³-hybridized carbons (Fsp3) is 0.192. The first-order valence-electron chi connectivity index (χ1n) is 11.2. The van der Waals surface area contributed by atoms with Gasteiger partial charge in [-0.25, -0.2) is 8.78 Å². The van der Waals surface area contributed by atoms with Crippen LogP contribution in [-0.4, -0.2) is 35.3 Å². The maximum atomic E-state index is 14.2. The monoisotopic (exact) mass is 582 g/mol. The first-order valence-corrected chi connectivity index (χ1v) is 12.8. The number of benzene rings is 3. The van der Waals surface area contributed by atoms with E-state index in [0.29, 0.717) is 28.8 Å². The summed E-state index contributed by atoms with van der Waals surface area (Å²) in [7, 11) is 3.17. The van der Waals surface area contributed by atoms with E-state index in [-0.39, 0.29) is 39.0 Å². The van der Waals surface area contributed by atoms with E-state index in [4.69, 9.17) is 11.6 Å². The molecule has 1 heterocycles. The number of hydrogen-bond donors (Lipinski definition) is 2. The second kappa shape index (κ2) is 10.9. The average Bonchev–Trinajstić information content (AvgIpc) is 3.19. The van der Waals surface area contributed by atoms with E-state index in [1.807, 2.05) is 0 Å². The number of aryl methyl sites for hydroxylation is 1. The van der Waals surface area contributed by atoms with E-state index in [2.05, 4.69) is 15.7 Å². The first kappa shape index (κ1) is 28.5. The van der Waals surface area contributed by atoms with Crippen molar-refractivity contribution in [2.45, 2.75) is 17.2 Å². The fourth-order valence-corrected chi connectivity index (χ4v) is 5.30. The van der Waals surface area contributed by atoms with Crippen molar-refractivity contribution in [3.63, 3.8) is 0 Å². The zero-order chi connectivity index (χ0) is 28.6. The third kappa shape index (κ3) is 5.49. The summed E-state index contributed by atoms with van der Waals surface area (Å²) in [6, 6.07) is 5.64. The summed E-state index contributed by atoms with van der Waals surface area (Å²) in [6.45, 7) is 0. The predicted octanol–water partition coefficient (Wildman–Crippen LogP) is 6.62. The predicted molar refractivity (Wildman–Crippen MR) is 140 cm³/mol. The summed E-state index contributed by atoms with van der Waals surface area (Å²) in [5, 5.41) is 11.2. The Balaban J connectivity index is 1.98. The van der Waals surface area contributed by atoms with Crippen LogP contribution in [0.5, 0.6) is 0 Å². The molecule has 0 aliphatic rings. The second-order valence-corrected chi connectivity index (χ2v) is 9.67. The van der Waals surface area contributed by atoms with Gasteiger partial charge in [0.1, 0.15) is 22.2 Å². The van der Waals surface area contributed by atoms with E-state index in [9.17, 15) is 31.5 Å². The van der Waals surface area contributed by atoms with Crippen LogP contribution in [0.2, 0.25) is 5.02 Å². The maximum Gasteiger partial charge on any atom is 0.416 e. The van der Waals surface area contributed by atoms with Crippen molar-refractivity contribution in [3.05, 3.63) is 86.9 Å². The molecule has 39 heavy (non-hydrogen) atoms. The van der Waals surface area contributed by atoms with Gasteiger partial charge >= 0.3 is 6.18 Å². The van der Waals surface area contributed by atoms with E-state index in [1.165, 1.54) is 35.6 Å². The second-order valence-electron chi connectivity index (χ2n) is 8.47. The van der Waals surface area contributed by atoms with Gasteiger partial charge in [-0.15, -0.1) is 11.8 Å². The highest BCUT2D eigenvalue weighted by Crippen LogP contribution is 2.40. The Labute approximate surface area is 228 Å². The Hall–Kier alpha value is -3.48. The smallest absolute Gasteiger partial charge is 0.322 e. The van der Waals surface area contributed by atoms with E-state index >= 15 is 0 Å². The van der Waals surface area contributed by atoms with Gasteiger partial charge in [-0.1, -0.05) is 11.6 Å². The minimum Gasteiger partial charge on any atom is -0.322 e. The molecule has 0 radical (unpaired) electrons. The van der Waals surface area contributed by atoms with Gasteiger partial charge in [-0.3, -0.25) is 14.3 Å². The maximum absolute atomic E-state index is 14.2. The molecule has 1 unspecified atom stereocenters. The minimum atomic E-state index is -4.89. The van der Waals surface area contributed by atoms with Gasteiger partial charge in [0, 0.05) is 39.8 Å². The van der Waals surface area contributed by atoms with Gasteiger partial charge in [0.15, 0.2) is 6.29 Å². The third-order valence-electron chi connectivity index (χ3n) is 6.05. The van der Waals surface area contributed by atoms with Gasteiger partial charge in [-0.2, -0.15) is 18.3 Å². The molecule has 1 atom stereocenters. The summed E-state index contributed by atoms with van der Waals surface area (Å²) in [5.41, 5.74) is -1.25. The molecule has 204 valence electrons. The molecule has 3 aromatic carbocycles. The number of amides is 1. The van der Waals surface area contributed by atoms with Crippen LogP contribution in [0.25, 0.3) is 10.9 Å². The number of thioether (sulfide) groups is 1. The van der Waals surface area contributed by atoms with Crippen LogP contribution < -0.4 is 10.6 Å². The molecule has 0 aliphatic heterocycles. The molecule has 0 aliphatic carbocycles. The number of carbonyl (C=O) groups excluding carboxylic acids is 2. The molecule has 0 spiro atoms. The van der Waals surface area contributed by atoms with E-state index in [0.717, 1.165) is 12.1 Å². The summed E-state index contributed by atoms with van der Waals surface area (Å²) in [6.07, 6.45) is -2.59. The Bertz CT molecular complexity index is 1610. The zero-order valence-corrected chi connectivity index (χ0v) is 22.2. The molecule has 0 fully saturated rings. The number of nitrogens with zero attached hydrogens (tertiary/aromatic N) is 2. The summed E-state index contributed by atoms with van der Waals surface area (Å²) < 4.78 is 69.6. The molecule has 4 aromatic rings. The molecule has 0 bridgehead atoms. The van der Waals surface area contributed by atoms with Gasteiger partial charge in [0.25, 0.3) is 5.91 Å². The molecule has 0 saturated heterocycles. The third-order valence-corrected chi connectivity index (χ3v) is 7.26. The summed E-state index contributed by atoms with van der Waals surface area (Å²) in [4.78, 5) is 25.7. The number of nitrogens with one attached hydrogen (secondary N) is 2. The molecule has 13 heteroatoms. The van der Waals surface area contributed by atoms with Crippen molar-refractivity contribution in [1.29, 1.82) is 0 Å². The summed E-state index contributed by atoms with van der Waals surface area (Å²) >= 11 is 7.68. The standard InChI is InChI=1S/C26H20ClF5N4O2S/c1-33-23(16-9-14(28)4-5-19(16)27)21-18(11-37)22-17(25(39-3)36(2)35-22)10-20(21)34-24(38)12-6-13(26(30,31)32)8-15(29)7-12/h4-11,23,33H,1-3H3,(H,34,38). The number of anilines is 1. The van der Waals surface area contributed by atoms with Gasteiger partial charge in [0.2, 0.25) is 0 Å². The highest BCUT2D eigenvalue weighted by molar-refractivity contribution is 7.98. The average molecular weight is 583 g/mol. The van der Waals surface area contributed by atoms with Crippen LogP contribution in [0.15, 0.2) is 47.5 Å². The number of hydrogen-bond acceptors (Lipinski definition) is 5. The normalized spacial score (nSPS) is 12.5. The lowest BCUT2D eigenvalue weighted by Gasteiger charge is -2.24. The summed E-state index contributed by atoms with van der Waals surface area (Å²) in [5.74, 6) is -2.93. The van der Waals surface area contributed by atoms with Gasteiger partial charge < -0.3 is 10.6 Å². The molecular formula is C26H20ClF5N4O2S.